The highest BCUT2D eigenvalue weighted by Gasteiger charge is 2.09. The third-order valence-corrected chi connectivity index (χ3v) is 3.01. The van der Waals surface area contributed by atoms with Gasteiger partial charge in [-0.25, -0.2) is 0 Å². The van der Waals surface area contributed by atoms with E-state index < -0.39 is 0 Å². The van der Waals surface area contributed by atoms with E-state index in [1.54, 1.807) is 0 Å². The minimum atomic E-state index is 1.08. The average Bonchev–Trinajstić information content (AvgIpc) is 3.08. The highest BCUT2D eigenvalue weighted by molar-refractivity contribution is 5.46. The van der Waals surface area contributed by atoms with Gasteiger partial charge in [0.15, 0.2) is 18.1 Å². The zero-order valence-corrected chi connectivity index (χ0v) is 10.1. The third-order valence-electron chi connectivity index (χ3n) is 3.01. The van der Waals surface area contributed by atoms with Crippen LogP contribution in [-0.4, -0.2) is 4.40 Å². The lowest BCUT2D eigenvalue weighted by atomic mass is 10.3. The Balaban J connectivity index is 0.000000111. The molecule has 4 heterocycles. The summed E-state index contributed by atoms with van der Waals surface area (Å²) < 4.78 is 4.22. The van der Waals surface area contributed by atoms with Gasteiger partial charge in [0.2, 0.25) is 0 Å². The predicted molar refractivity (Wildman–Crippen MR) is 73.1 cm³/mol. The first kappa shape index (κ1) is 10.8. The van der Waals surface area contributed by atoms with Crippen LogP contribution < -0.4 is 4.57 Å². The fourth-order valence-corrected chi connectivity index (χ4v) is 2.08. The Morgan fingerprint density at radius 3 is 2.61 bits per heavy atom. The van der Waals surface area contributed by atoms with Crippen LogP contribution in [0.25, 0.3) is 11.7 Å². The minimum absolute atomic E-state index is 1.08. The van der Waals surface area contributed by atoms with Crippen molar-refractivity contribution in [2.24, 2.45) is 0 Å². The van der Waals surface area contributed by atoms with Crippen LogP contribution in [0, 0.1) is 0 Å². The predicted octanol–water partition coefficient (Wildman–Crippen LogP) is 2.94. The Morgan fingerprint density at radius 2 is 1.72 bits per heavy atom. The van der Waals surface area contributed by atoms with Crippen molar-refractivity contribution in [1.29, 1.82) is 0 Å². The van der Waals surface area contributed by atoms with E-state index in [1.165, 1.54) is 11.2 Å². The molecule has 1 aliphatic heterocycles. The maximum absolute atomic E-state index is 2.16. The van der Waals surface area contributed by atoms with Crippen LogP contribution >= 0.6 is 0 Å². The maximum Gasteiger partial charge on any atom is 0.190 e. The van der Waals surface area contributed by atoms with Crippen molar-refractivity contribution < 1.29 is 4.57 Å². The van der Waals surface area contributed by atoms with Crippen LogP contribution in [0.3, 0.4) is 0 Å². The molecule has 0 aliphatic carbocycles. The summed E-state index contributed by atoms with van der Waals surface area (Å²) in [4.78, 5) is 0. The van der Waals surface area contributed by atoms with E-state index in [1.807, 2.05) is 36.7 Å². The van der Waals surface area contributed by atoms with Crippen molar-refractivity contribution >= 4 is 11.7 Å². The smallest absolute Gasteiger partial charge is 0.190 e. The molecule has 88 valence electrons. The summed E-state index contributed by atoms with van der Waals surface area (Å²) >= 11 is 0. The van der Waals surface area contributed by atoms with Crippen LogP contribution in [0.5, 0.6) is 0 Å². The molecule has 0 fully saturated rings. The molecule has 0 bridgehead atoms. The van der Waals surface area contributed by atoms with Crippen molar-refractivity contribution in [2.75, 3.05) is 0 Å². The number of fused-ring (bicyclic) bond motifs is 2. The summed E-state index contributed by atoms with van der Waals surface area (Å²) in [6.45, 7) is 0. The molecular weight excluding hydrogens is 220 g/mol. The van der Waals surface area contributed by atoms with Crippen LogP contribution in [0.1, 0.15) is 5.69 Å². The molecule has 0 saturated carbocycles. The summed E-state index contributed by atoms with van der Waals surface area (Å²) in [5.74, 6) is 0. The quantitative estimate of drug-likeness (QED) is 0.529. The number of rotatable bonds is 0. The first-order valence-electron chi connectivity index (χ1n) is 6.11. The van der Waals surface area contributed by atoms with Gasteiger partial charge in [-0.05, 0) is 30.3 Å². The fraction of sp³-hybridized carbons (Fsp3) is 0.0625. The van der Waals surface area contributed by atoms with Crippen molar-refractivity contribution in [1.82, 2.24) is 4.40 Å². The first-order chi connectivity index (χ1) is 8.93. The lowest BCUT2D eigenvalue weighted by molar-refractivity contribution is -0.571. The van der Waals surface area contributed by atoms with Crippen LogP contribution in [0.2, 0.25) is 0 Å². The van der Waals surface area contributed by atoms with Gasteiger partial charge in [-0.2, -0.15) is 4.57 Å². The lowest BCUT2D eigenvalue weighted by Gasteiger charge is -1.88. The molecule has 0 spiro atoms. The lowest BCUT2D eigenvalue weighted by Crippen LogP contribution is -2.26. The van der Waals surface area contributed by atoms with Crippen molar-refractivity contribution in [3.8, 4) is 0 Å². The standard InChI is InChI=1S/C8H8N.C8H7N/c2*1-2-6-9-7-3-5-8(9)4-1/h1-4,6-7H,5H2;1-7H/q+1;. The van der Waals surface area contributed by atoms with Gasteiger partial charge in [0, 0.05) is 30.0 Å². The summed E-state index contributed by atoms with van der Waals surface area (Å²) in [6.07, 6.45) is 11.5. The Bertz CT molecular complexity index is 650. The number of nitrogens with zero attached hydrogens (tertiary/aromatic N) is 2. The first-order valence-corrected chi connectivity index (χ1v) is 6.11. The van der Waals surface area contributed by atoms with Gasteiger partial charge in [0.05, 0.1) is 6.42 Å². The minimum Gasteiger partial charge on any atom is -0.324 e. The molecule has 0 radical (unpaired) electrons. The van der Waals surface area contributed by atoms with Gasteiger partial charge in [0.25, 0.3) is 0 Å². The molecule has 2 heteroatoms. The Morgan fingerprint density at radius 1 is 0.889 bits per heavy atom. The molecule has 3 aromatic heterocycles. The van der Waals surface area contributed by atoms with E-state index in [0.29, 0.717) is 0 Å². The fourth-order valence-electron chi connectivity index (χ4n) is 2.08. The van der Waals surface area contributed by atoms with Crippen molar-refractivity contribution in [2.45, 2.75) is 6.42 Å². The zero-order chi connectivity index (χ0) is 12.2. The maximum atomic E-state index is 2.16. The molecule has 0 amide bonds. The molecule has 4 rings (SSSR count). The van der Waals surface area contributed by atoms with Gasteiger partial charge in [0.1, 0.15) is 0 Å². The SMILES string of the molecule is C1=C[n+]2ccccc2C1.c1ccn2cccc2c1. The molecule has 2 nitrogen and oxygen atoms in total. The highest BCUT2D eigenvalue weighted by Crippen LogP contribution is 2.01. The Labute approximate surface area is 106 Å². The molecule has 0 unspecified atom stereocenters. The highest BCUT2D eigenvalue weighted by atomic mass is 14.9. The van der Waals surface area contributed by atoms with Gasteiger partial charge in [-0.15, -0.1) is 0 Å². The Kier molecular flexibility index (Phi) is 2.92. The second-order valence-corrected chi connectivity index (χ2v) is 4.23. The number of hydrogen-bond donors (Lipinski definition) is 0. The summed E-state index contributed by atoms with van der Waals surface area (Å²) in [5.41, 5.74) is 2.62. The topological polar surface area (TPSA) is 8.29 Å². The average molecular weight is 235 g/mol. The molecule has 0 N–H and O–H groups in total. The van der Waals surface area contributed by atoms with E-state index in [2.05, 4.69) is 51.7 Å². The molecular formula is C16H15N2+. The molecule has 3 aromatic rings. The van der Waals surface area contributed by atoms with Gasteiger partial charge in [-0.1, -0.05) is 12.1 Å². The number of pyridine rings is 2. The summed E-state index contributed by atoms with van der Waals surface area (Å²) in [6, 6.07) is 16.5. The monoisotopic (exact) mass is 235 g/mol. The number of allylic oxidation sites excluding steroid dienone is 1. The molecule has 0 atom stereocenters. The second kappa shape index (κ2) is 4.88. The normalized spacial score (nSPS) is 12.0. The zero-order valence-electron chi connectivity index (χ0n) is 10.1. The summed E-state index contributed by atoms with van der Waals surface area (Å²) in [7, 11) is 0. The third kappa shape index (κ3) is 2.18. The number of hydrogen-bond acceptors (Lipinski definition) is 0. The number of aromatic nitrogens is 2. The largest absolute Gasteiger partial charge is 0.324 e. The molecule has 0 saturated heterocycles. The van der Waals surface area contributed by atoms with Gasteiger partial charge >= 0.3 is 0 Å². The van der Waals surface area contributed by atoms with Gasteiger partial charge < -0.3 is 4.40 Å². The van der Waals surface area contributed by atoms with Crippen molar-refractivity contribution in [3.05, 3.63) is 78.9 Å². The van der Waals surface area contributed by atoms with E-state index in [0.717, 1.165) is 6.42 Å². The van der Waals surface area contributed by atoms with E-state index in [4.69, 9.17) is 0 Å². The molecule has 18 heavy (non-hydrogen) atoms. The molecule has 1 aliphatic rings. The van der Waals surface area contributed by atoms with Crippen molar-refractivity contribution in [3.63, 3.8) is 0 Å². The Hall–Kier alpha value is -2.35. The van der Waals surface area contributed by atoms with Gasteiger partial charge in [-0.3, -0.25) is 0 Å². The van der Waals surface area contributed by atoms with Crippen LogP contribution in [-0.2, 0) is 6.42 Å². The van der Waals surface area contributed by atoms with Crippen LogP contribution in [0.4, 0.5) is 0 Å². The van der Waals surface area contributed by atoms with E-state index in [-0.39, 0.29) is 0 Å². The summed E-state index contributed by atoms with van der Waals surface area (Å²) in [5, 5.41) is 0. The van der Waals surface area contributed by atoms with Crippen LogP contribution in [0.15, 0.2) is 73.2 Å². The molecule has 0 aromatic carbocycles. The van der Waals surface area contributed by atoms with E-state index >= 15 is 0 Å². The second-order valence-electron chi connectivity index (χ2n) is 4.23. The van der Waals surface area contributed by atoms with E-state index in [9.17, 15) is 0 Å².